The van der Waals surface area contributed by atoms with Crippen molar-refractivity contribution in [2.24, 2.45) is 0 Å². The molecule has 0 aromatic carbocycles. The fourth-order valence-corrected chi connectivity index (χ4v) is 3.51. The Morgan fingerprint density at radius 1 is 1.25 bits per heavy atom. The van der Waals surface area contributed by atoms with Gasteiger partial charge in [-0.2, -0.15) is 0 Å². The Morgan fingerprint density at radius 2 is 2.06 bits per heavy atom. The van der Waals surface area contributed by atoms with Gasteiger partial charge in [0.2, 0.25) is 0 Å². The molecule has 0 bridgehead atoms. The third-order valence-electron chi connectivity index (χ3n) is 3.79. The van der Waals surface area contributed by atoms with Gasteiger partial charge in [0.1, 0.15) is 0 Å². The first-order valence-corrected chi connectivity index (χ1v) is 8.25. The van der Waals surface area contributed by atoms with Crippen LogP contribution in [0, 0.1) is 0 Å². The van der Waals surface area contributed by atoms with Crippen LogP contribution in [0.15, 0.2) is 0 Å². The topological polar surface area (TPSA) is 23.6 Å². The maximum absolute atomic E-state index is 11.0. The lowest BCUT2D eigenvalue weighted by atomic mass is 10.2. The molecule has 3 nitrogen and oxygen atoms in total. The Kier molecular flexibility index (Phi) is 4.79. The first-order chi connectivity index (χ1) is 7.75. The molecule has 2 rings (SSSR count). The molecule has 0 radical (unpaired) electrons. The van der Waals surface area contributed by atoms with Gasteiger partial charge >= 0.3 is 0 Å². The standard InChI is InChI=1S/C12H24N2OS/c1-16(15)10-4-7-13-6-3-9-14-8-2-5-12(14)11-13/h12H,2-11H2,1H3. The van der Waals surface area contributed by atoms with Gasteiger partial charge in [-0.3, -0.25) is 9.11 Å². The highest BCUT2D eigenvalue weighted by atomic mass is 32.2. The minimum atomic E-state index is -0.617. The summed E-state index contributed by atoms with van der Waals surface area (Å²) >= 11 is 0. The van der Waals surface area contributed by atoms with Gasteiger partial charge in [-0.15, -0.1) is 0 Å². The Balaban J connectivity index is 1.75. The van der Waals surface area contributed by atoms with Crippen LogP contribution in [0.2, 0.25) is 0 Å². The molecule has 0 aliphatic carbocycles. The Labute approximate surface area is 102 Å². The summed E-state index contributed by atoms with van der Waals surface area (Å²) in [7, 11) is -0.617. The molecular formula is C12H24N2OS. The van der Waals surface area contributed by atoms with Crippen LogP contribution in [0.3, 0.4) is 0 Å². The first-order valence-electron chi connectivity index (χ1n) is 6.52. The van der Waals surface area contributed by atoms with Crippen molar-refractivity contribution in [1.82, 2.24) is 9.80 Å². The number of hydrogen-bond acceptors (Lipinski definition) is 3. The first kappa shape index (κ1) is 12.5. The molecule has 4 heteroatoms. The van der Waals surface area contributed by atoms with Gasteiger partial charge in [-0.1, -0.05) is 0 Å². The van der Waals surface area contributed by atoms with Crippen LogP contribution in [-0.4, -0.2) is 64.8 Å². The van der Waals surface area contributed by atoms with E-state index in [2.05, 4.69) is 9.80 Å². The zero-order valence-electron chi connectivity index (χ0n) is 10.4. The van der Waals surface area contributed by atoms with Gasteiger partial charge in [-0.05, 0) is 51.9 Å². The van der Waals surface area contributed by atoms with E-state index in [1.165, 1.54) is 45.4 Å². The van der Waals surface area contributed by atoms with Crippen LogP contribution in [-0.2, 0) is 10.8 Å². The lowest BCUT2D eigenvalue weighted by molar-refractivity contribution is 0.221. The molecule has 0 aromatic rings. The third-order valence-corrected chi connectivity index (χ3v) is 4.66. The summed E-state index contributed by atoms with van der Waals surface area (Å²) in [5, 5.41) is 0. The largest absolute Gasteiger partial charge is 0.302 e. The molecule has 0 saturated carbocycles. The Morgan fingerprint density at radius 3 is 2.88 bits per heavy atom. The molecule has 2 aliphatic heterocycles. The van der Waals surface area contributed by atoms with Crippen molar-refractivity contribution in [3.8, 4) is 0 Å². The lowest BCUT2D eigenvalue weighted by Gasteiger charge is -2.25. The predicted octanol–water partition coefficient (Wildman–Crippen LogP) is 0.925. The van der Waals surface area contributed by atoms with E-state index in [1.807, 2.05) is 0 Å². The van der Waals surface area contributed by atoms with E-state index in [9.17, 15) is 4.21 Å². The van der Waals surface area contributed by atoms with Gasteiger partial charge in [0, 0.05) is 35.4 Å². The lowest BCUT2D eigenvalue weighted by Crippen LogP contribution is -2.37. The molecular weight excluding hydrogens is 220 g/mol. The van der Waals surface area contributed by atoms with E-state index >= 15 is 0 Å². The molecule has 16 heavy (non-hydrogen) atoms. The molecule has 2 aliphatic rings. The highest BCUT2D eigenvalue weighted by Gasteiger charge is 2.28. The molecule has 2 saturated heterocycles. The molecule has 2 unspecified atom stereocenters. The summed E-state index contributed by atoms with van der Waals surface area (Å²) in [6.07, 6.45) is 6.98. The monoisotopic (exact) mass is 244 g/mol. The molecule has 2 atom stereocenters. The number of fused-ring (bicyclic) bond motifs is 1. The molecule has 94 valence electrons. The average Bonchev–Trinajstić information content (AvgIpc) is 2.57. The van der Waals surface area contributed by atoms with Crippen LogP contribution in [0.1, 0.15) is 25.7 Å². The highest BCUT2D eigenvalue weighted by molar-refractivity contribution is 7.84. The summed E-state index contributed by atoms with van der Waals surface area (Å²) in [6, 6.07) is 0.814. The summed E-state index contributed by atoms with van der Waals surface area (Å²) in [4.78, 5) is 5.25. The number of hydrogen-bond donors (Lipinski definition) is 0. The van der Waals surface area contributed by atoms with E-state index in [0.717, 1.165) is 24.8 Å². The number of rotatable bonds is 4. The second-order valence-electron chi connectivity index (χ2n) is 5.12. The van der Waals surface area contributed by atoms with Crippen molar-refractivity contribution in [3.63, 3.8) is 0 Å². The summed E-state index contributed by atoms with van der Waals surface area (Å²) < 4.78 is 11.0. The van der Waals surface area contributed by atoms with E-state index in [4.69, 9.17) is 0 Å². The molecule has 2 fully saturated rings. The van der Waals surface area contributed by atoms with Crippen LogP contribution in [0.5, 0.6) is 0 Å². The maximum atomic E-state index is 11.0. The second kappa shape index (κ2) is 6.12. The molecule has 0 N–H and O–H groups in total. The van der Waals surface area contributed by atoms with E-state index in [0.29, 0.717) is 0 Å². The number of nitrogens with zero attached hydrogens (tertiary/aromatic N) is 2. The minimum absolute atomic E-state index is 0.617. The minimum Gasteiger partial charge on any atom is -0.302 e. The highest BCUT2D eigenvalue weighted by Crippen LogP contribution is 2.21. The van der Waals surface area contributed by atoms with Crippen molar-refractivity contribution in [2.45, 2.75) is 31.7 Å². The van der Waals surface area contributed by atoms with Gasteiger partial charge in [0.15, 0.2) is 0 Å². The Hall–Kier alpha value is 0.0700. The fraction of sp³-hybridized carbons (Fsp3) is 1.00. The van der Waals surface area contributed by atoms with Crippen molar-refractivity contribution in [1.29, 1.82) is 0 Å². The van der Waals surface area contributed by atoms with Crippen molar-refractivity contribution >= 4 is 10.8 Å². The molecule has 0 aromatic heterocycles. The fourth-order valence-electron chi connectivity index (χ4n) is 2.98. The van der Waals surface area contributed by atoms with Crippen molar-refractivity contribution in [3.05, 3.63) is 0 Å². The normalized spacial score (nSPS) is 29.9. The quantitative estimate of drug-likeness (QED) is 0.735. The van der Waals surface area contributed by atoms with Gasteiger partial charge in [0.05, 0.1) is 0 Å². The van der Waals surface area contributed by atoms with Gasteiger partial charge in [0.25, 0.3) is 0 Å². The van der Waals surface area contributed by atoms with Crippen LogP contribution in [0.25, 0.3) is 0 Å². The zero-order chi connectivity index (χ0) is 11.4. The molecule has 0 amide bonds. The average molecular weight is 244 g/mol. The van der Waals surface area contributed by atoms with Crippen LogP contribution >= 0.6 is 0 Å². The van der Waals surface area contributed by atoms with E-state index < -0.39 is 10.8 Å². The molecule has 0 spiro atoms. The summed E-state index contributed by atoms with van der Waals surface area (Å²) in [5.74, 6) is 0.866. The predicted molar refractivity (Wildman–Crippen MR) is 69.2 cm³/mol. The van der Waals surface area contributed by atoms with E-state index in [-0.39, 0.29) is 0 Å². The zero-order valence-corrected chi connectivity index (χ0v) is 11.2. The summed E-state index contributed by atoms with van der Waals surface area (Å²) in [6.45, 7) is 6.24. The van der Waals surface area contributed by atoms with Crippen molar-refractivity contribution in [2.75, 3.05) is 44.7 Å². The van der Waals surface area contributed by atoms with E-state index in [1.54, 1.807) is 6.26 Å². The SMILES string of the molecule is CS(=O)CCCN1CCCN2CCCC2C1. The van der Waals surface area contributed by atoms with Crippen LogP contribution in [0.4, 0.5) is 0 Å². The Bertz CT molecular complexity index is 247. The van der Waals surface area contributed by atoms with Crippen LogP contribution < -0.4 is 0 Å². The van der Waals surface area contributed by atoms with Crippen molar-refractivity contribution < 1.29 is 4.21 Å². The third kappa shape index (κ3) is 3.54. The van der Waals surface area contributed by atoms with Gasteiger partial charge in [-0.25, -0.2) is 0 Å². The molecule has 2 heterocycles. The smallest absolute Gasteiger partial charge is 0.0244 e. The summed E-state index contributed by atoms with van der Waals surface area (Å²) in [5.41, 5.74) is 0. The second-order valence-corrected chi connectivity index (χ2v) is 6.67. The van der Waals surface area contributed by atoms with Gasteiger partial charge < -0.3 is 4.90 Å². The maximum Gasteiger partial charge on any atom is 0.0244 e.